The highest BCUT2D eigenvalue weighted by molar-refractivity contribution is 5.79. The van der Waals surface area contributed by atoms with Crippen LogP contribution in [0.15, 0.2) is 0 Å². The van der Waals surface area contributed by atoms with Gasteiger partial charge in [-0.25, -0.2) is 4.79 Å². The Labute approximate surface area is 108 Å². The minimum atomic E-state index is -0.866. The Hall–Kier alpha value is -1.70. The lowest BCUT2D eigenvalue weighted by molar-refractivity contribution is -0.146. The maximum absolute atomic E-state index is 12.0. The van der Waals surface area contributed by atoms with Crippen LogP contribution in [0.2, 0.25) is 0 Å². The van der Waals surface area contributed by atoms with Gasteiger partial charge < -0.3 is 15.3 Å². The van der Waals surface area contributed by atoms with Crippen LogP contribution in [0.5, 0.6) is 0 Å². The van der Waals surface area contributed by atoms with Crippen molar-refractivity contribution < 1.29 is 14.7 Å². The Morgan fingerprint density at radius 1 is 1.50 bits per heavy atom. The van der Waals surface area contributed by atoms with Crippen LogP contribution in [0.1, 0.15) is 27.2 Å². The molecular weight excluding hydrogens is 232 g/mol. The number of carboxylic acids is 1. The number of nitrogens with zero attached hydrogens (tertiary/aromatic N) is 1. The van der Waals surface area contributed by atoms with E-state index in [9.17, 15) is 9.59 Å². The number of terminal acetylenes is 1. The number of nitrogens with one attached hydrogen (secondary N) is 1. The van der Waals surface area contributed by atoms with E-state index in [1.807, 2.05) is 13.8 Å². The molecule has 5 nitrogen and oxygen atoms in total. The highest BCUT2D eigenvalue weighted by Gasteiger charge is 2.42. The van der Waals surface area contributed by atoms with Gasteiger partial charge in [-0.3, -0.25) is 4.79 Å². The van der Waals surface area contributed by atoms with Crippen LogP contribution in [0.4, 0.5) is 4.79 Å². The first-order chi connectivity index (χ1) is 8.30. The molecule has 0 spiro atoms. The molecule has 2 unspecified atom stereocenters. The van der Waals surface area contributed by atoms with E-state index in [0.29, 0.717) is 13.0 Å². The van der Waals surface area contributed by atoms with Crippen molar-refractivity contribution in [2.75, 3.05) is 13.1 Å². The number of carboxylic acid groups (broad SMARTS) is 1. The summed E-state index contributed by atoms with van der Waals surface area (Å²) in [4.78, 5) is 24.6. The van der Waals surface area contributed by atoms with Crippen molar-refractivity contribution in [2.45, 2.75) is 33.2 Å². The Balaban J connectivity index is 2.61. The molecule has 1 fully saturated rings. The molecule has 18 heavy (non-hydrogen) atoms. The van der Waals surface area contributed by atoms with Crippen LogP contribution in [-0.4, -0.2) is 41.1 Å². The smallest absolute Gasteiger partial charge is 0.318 e. The van der Waals surface area contributed by atoms with Gasteiger partial charge in [0.25, 0.3) is 0 Å². The summed E-state index contributed by atoms with van der Waals surface area (Å²) in [7, 11) is 0. The van der Waals surface area contributed by atoms with Gasteiger partial charge in [0.1, 0.15) is 0 Å². The molecule has 0 aliphatic carbocycles. The molecule has 5 heteroatoms. The molecule has 0 radical (unpaired) electrons. The van der Waals surface area contributed by atoms with Crippen molar-refractivity contribution in [3.8, 4) is 12.3 Å². The largest absolute Gasteiger partial charge is 0.481 e. The number of amides is 2. The summed E-state index contributed by atoms with van der Waals surface area (Å²) in [5.74, 6) is 1.80. The van der Waals surface area contributed by atoms with Crippen LogP contribution >= 0.6 is 0 Å². The Bertz CT molecular complexity index is 386. The average molecular weight is 252 g/mol. The molecule has 0 bridgehead atoms. The van der Waals surface area contributed by atoms with E-state index in [1.54, 1.807) is 6.92 Å². The van der Waals surface area contributed by atoms with Gasteiger partial charge in [0, 0.05) is 13.1 Å². The van der Waals surface area contributed by atoms with Crippen molar-refractivity contribution in [1.82, 2.24) is 10.2 Å². The fourth-order valence-electron chi connectivity index (χ4n) is 1.93. The van der Waals surface area contributed by atoms with Crippen LogP contribution in [0.25, 0.3) is 0 Å². The fraction of sp³-hybridized carbons (Fsp3) is 0.692. The van der Waals surface area contributed by atoms with E-state index in [4.69, 9.17) is 11.5 Å². The molecule has 1 rings (SSSR count). The summed E-state index contributed by atoms with van der Waals surface area (Å²) in [6, 6.07) is -0.606. The first-order valence-electron chi connectivity index (χ1n) is 6.05. The van der Waals surface area contributed by atoms with Crippen molar-refractivity contribution >= 4 is 12.0 Å². The number of urea groups is 1. The zero-order valence-corrected chi connectivity index (χ0v) is 11.1. The van der Waals surface area contributed by atoms with E-state index in [-0.39, 0.29) is 24.5 Å². The zero-order chi connectivity index (χ0) is 13.9. The molecular formula is C13H20N2O3. The molecule has 2 N–H and O–H groups in total. The molecule has 0 saturated carbocycles. The SMILES string of the molecule is C#CC(NC(=O)N1CCC(C)(C(=O)O)C1)C(C)C. The number of carbonyl (C=O) groups excluding carboxylic acids is 1. The Morgan fingerprint density at radius 2 is 2.11 bits per heavy atom. The van der Waals surface area contributed by atoms with Crippen molar-refractivity contribution in [3.05, 3.63) is 0 Å². The average Bonchev–Trinajstić information content (AvgIpc) is 2.69. The number of hydrogen-bond donors (Lipinski definition) is 2. The van der Waals surface area contributed by atoms with Gasteiger partial charge in [-0.1, -0.05) is 19.8 Å². The first kappa shape index (κ1) is 14.4. The van der Waals surface area contributed by atoms with Gasteiger partial charge >= 0.3 is 12.0 Å². The van der Waals surface area contributed by atoms with Crippen LogP contribution < -0.4 is 5.32 Å². The van der Waals surface area contributed by atoms with Crippen molar-refractivity contribution in [2.24, 2.45) is 11.3 Å². The predicted molar refractivity (Wildman–Crippen MR) is 67.9 cm³/mol. The molecule has 1 heterocycles. The third-order valence-corrected chi connectivity index (χ3v) is 3.40. The van der Waals surface area contributed by atoms with E-state index in [1.165, 1.54) is 4.90 Å². The highest BCUT2D eigenvalue weighted by atomic mass is 16.4. The highest BCUT2D eigenvalue weighted by Crippen LogP contribution is 2.30. The predicted octanol–water partition coefficient (Wildman–Crippen LogP) is 1.15. The molecule has 2 amide bonds. The molecule has 0 aromatic carbocycles. The lowest BCUT2D eigenvalue weighted by atomic mass is 9.90. The number of aliphatic carboxylic acids is 1. The molecule has 100 valence electrons. The van der Waals surface area contributed by atoms with Crippen LogP contribution in [-0.2, 0) is 4.79 Å². The van der Waals surface area contributed by atoms with Gasteiger partial charge in [0.15, 0.2) is 0 Å². The normalized spacial score (nSPS) is 24.7. The molecule has 0 aromatic heterocycles. The van der Waals surface area contributed by atoms with Gasteiger partial charge in [0.2, 0.25) is 0 Å². The summed E-state index contributed by atoms with van der Waals surface area (Å²) in [6.45, 7) is 6.18. The second-order valence-electron chi connectivity index (χ2n) is 5.38. The number of carbonyl (C=O) groups is 2. The fourth-order valence-corrected chi connectivity index (χ4v) is 1.93. The molecule has 1 aliphatic rings. The third-order valence-electron chi connectivity index (χ3n) is 3.40. The maximum atomic E-state index is 12.0. The summed E-state index contributed by atoms with van der Waals surface area (Å²) in [6.07, 6.45) is 5.82. The molecule has 1 saturated heterocycles. The minimum Gasteiger partial charge on any atom is -0.481 e. The number of likely N-dealkylation sites (tertiary alicyclic amines) is 1. The zero-order valence-electron chi connectivity index (χ0n) is 11.1. The topological polar surface area (TPSA) is 69.6 Å². The van der Waals surface area contributed by atoms with Crippen molar-refractivity contribution in [1.29, 1.82) is 0 Å². The summed E-state index contributed by atoms with van der Waals surface area (Å²) < 4.78 is 0. The van der Waals surface area contributed by atoms with Crippen LogP contribution in [0, 0.1) is 23.7 Å². The standard InChI is InChI=1S/C13H20N2O3/c1-5-10(9(2)3)14-12(18)15-7-6-13(4,8-15)11(16)17/h1,9-10H,6-8H2,2-4H3,(H,14,18)(H,16,17). The van der Waals surface area contributed by atoms with E-state index < -0.39 is 11.4 Å². The van der Waals surface area contributed by atoms with Crippen molar-refractivity contribution in [3.63, 3.8) is 0 Å². The monoisotopic (exact) mass is 252 g/mol. The number of rotatable bonds is 3. The quantitative estimate of drug-likeness (QED) is 0.740. The first-order valence-corrected chi connectivity index (χ1v) is 6.05. The van der Waals surface area contributed by atoms with E-state index in [2.05, 4.69) is 11.2 Å². The van der Waals surface area contributed by atoms with Gasteiger partial charge in [0.05, 0.1) is 11.5 Å². The lowest BCUT2D eigenvalue weighted by Crippen LogP contribution is -2.46. The van der Waals surface area contributed by atoms with Gasteiger partial charge in [-0.15, -0.1) is 6.42 Å². The van der Waals surface area contributed by atoms with Crippen LogP contribution in [0.3, 0.4) is 0 Å². The lowest BCUT2D eigenvalue weighted by Gasteiger charge is -2.23. The Kier molecular flexibility index (Phi) is 4.23. The van der Waals surface area contributed by atoms with E-state index in [0.717, 1.165) is 0 Å². The maximum Gasteiger partial charge on any atom is 0.318 e. The Morgan fingerprint density at radius 3 is 2.50 bits per heavy atom. The molecule has 2 atom stereocenters. The molecule has 1 aliphatic heterocycles. The summed E-state index contributed by atoms with van der Waals surface area (Å²) >= 11 is 0. The number of hydrogen-bond acceptors (Lipinski definition) is 2. The third kappa shape index (κ3) is 2.95. The van der Waals surface area contributed by atoms with Gasteiger partial charge in [-0.05, 0) is 19.3 Å². The second kappa shape index (κ2) is 5.30. The van der Waals surface area contributed by atoms with E-state index >= 15 is 0 Å². The molecule has 0 aromatic rings. The summed E-state index contributed by atoms with van der Waals surface area (Å²) in [5.41, 5.74) is -0.846. The van der Waals surface area contributed by atoms with Gasteiger partial charge in [-0.2, -0.15) is 0 Å². The summed E-state index contributed by atoms with van der Waals surface area (Å²) in [5, 5.41) is 11.8. The minimum absolute atomic E-state index is 0.146. The second-order valence-corrected chi connectivity index (χ2v) is 5.38.